The summed E-state index contributed by atoms with van der Waals surface area (Å²) in [6.45, 7) is 2.01. The minimum absolute atomic E-state index is 0.0387. The zero-order chi connectivity index (χ0) is 13.1. The second kappa shape index (κ2) is 4.95. The first-order chi connectivity index (χ1) is 8.56. The molecule has 18 heavy (non-hydrogen) atoms. The molecule has 1 aromatic rings. The Morgan fingerprint density at radius 1 is 1.56 bits per heavy atom. The number of amides is 1. The molecule has 0 radical (unpaired) electrons. The molecule has 6 nitrogen and oxygen atoms in total. The fraction of sp³-hybridized carbons (Fsp3) is 0.333. The van der Waals surface area contributed by atoms with E-state index >= 15 is 0 Å². The van der Waals surface area contributed by atoms with Crippen LogP contribution in [-0.2, 0) is 9.59 Å². The summed E-state index contributed by atoms with van der Waals surface area (Å²) in [6, 6.07) is 5.25. The number of hydrogen-bond donors (Lipinski definition) is 3. The summed E-state index contributed by atoms with van der Waals surface area (Å²) in [4.78, 5) is 21.8. The van der Waals surface area contributed by atoms with E-state index in [1.54, 1.807) is 25.1 Å². The summed E-state index contributed by atoms with van der Waals surface area (Å²) in [5.41, 5.74) is 1.34. The molecule has 1 unspecified atom stereocenters. The number of fused-ring (bicyclic) bond motifs is 1. The summed E-state index contributed by atoms with van der Waals surface area (Å²) in [6.07, 6.45) is -0.458. The van der Waals surface area contributed by atoms with Crippen molar-refractivity contribution in [1.82, 2.24) is 0 Å². The van der Waals surface area contributed by atoms with Crippen molar-refractivity contribution in [2.24, 2.45) is 0 Å². The molecule has 1 amide bonds. The van der Waals surface area contributed by atoms with E-state index in [0.717, 1.165) is 5.69 Å². The second-order valence-corrected chi connectivity index (χ2v) is 4.03. The largest absolute Gasteiger partial charge is 0.481 e. The van der Waals surface area contributed by atoms with Gasteiger partial charge >= 0.3 is 5.97 Å². The van der Waals surface area contributed by atoms with Crippen molar-refractivity contribution < 1.29 is 19.4 Å². The van der Waals surface area contributed by atoms with E-state index in [-0.39, 0.29) is 12.3 Å². The quantitative estimate of drug-likeness (QED) is 0.749. The lowest BCUT2D eigenvalue weighted by Gasteiger charge is -2.23. The molecule has 2 rings (SSSR count). The van der Waals surface area contributed by atoms with Crippen LogP contribution >= 0.6 is 0 Å². The van der Waals surface area contributed by atoms with Crippen LogP contribution in [0.1, 0.15) is 13.3 Å². The van der Waals surface area contributed by atoms with Crippen LogP contribution in [0.3, 0.4) is 0 Å². The molecule has 1 aromatic carbocycles. The predicted octanol–water partition coefficient (Wildman–Crippen LogP) is 1.29. The van der Waals surface area contributed by atoms with E-state index in [9.17, 15) is 9.59 Å². The lowest BCUT2D eigenvalue weighted by atomic mass is 10.2. The van der Waals surface area contributed by atoms with Crippen LogP contribution in [0.5, 0.6) is 5.75 Å². The van der Waals surface area contributed by atoms with Crippen LogP contribution in [0, 0.1) is 0 Å². The molecule has 1 aliphatic rings. The summed E-state index contributed by atoms with van der Waals surface area (Å²) >= 11 is 0. The molecule has 0 spiro atoms. The van der Waals surface area contributed by atoms with Gasteiger partial charge in [-0.1, -0.05) is 0 Å². The highest BCUT2D eigenvalue weighted by atomic mass is 16.5. The third-order valence-electron chi connectivity index (χ3n) is 2.58. The van der Waals surface area contributed by atoms with E-state index < -0.39 is 12.1 Å². The smallest absolute Gasteiger partial charge is 0.305 e. The number of carboxylic acid groups (broad SMARTS) is 1. The van der Waals surface area contributed by atoms with Crippen LogP contribution in [0.15, 0.2) is 18.2 Å². The maximum absolute atomic E-state index is 11.4. The molecular formula is C12H14N2O4. The van der Waals surface area contributed by atoms with Crippen molar-refractivity contribution in [3.63, 3.8) is 0 Å². The summed E-state index contributed by atoms with van der Waals surface area (Å²) < 4.78 is 5.41. The number of rotatable bonds is 4. The van der Waals surface area contributed by atoms with Crippen molar-refractivity contribution in [2.45, 2.75) is 19.4 Å². The standard InChI is InChI=1S/C12H14N2O4/c1-7-12(17)14-9-6-8(2-3-10(9)18-7)13-5-4-11(15)16/h2-3,6-7,13H,4-5H2,1H3,(H,14,17)(H,15,16). The Labute approximate surface area is 104 Å². The molecular weight excluding hydrogens is 236 g/mol. The first-order valence-electron chi connectivity index (χ1n) is 5.63. The SMILES string of the molecule is CC1Oc2ccc(NCCC(=O)O)cc2NC1=O. The molecule has 0 saturated carbocycles. The van der Waals surface area contributed by atoms with Gasteiger partial charge in [-0.25, -0.2) is 0 Å². The molecule has 96 valence electrons. The second-order valence-electron chi connectivity index (χ2n) is 4.03. The highest BCUT2D eigenvalue weighted by Crippen LogP contribution is 2.31. The Kier molecular flexibility index (Phi) is 3.36. The molecule has 6 heteroatoms. The Hall–Kier alpha value is -2.24. The van der Waals surface area contributed by atoms with Gasteiger partial charge in [-0.2, -0.15) is 0 Å². The minimum atomic E-state index is -0.856. The van der Waals surface area contributed by atoms with Gasteiger partial charge in [0.1, 0.15) is 5.75 Å². The zero-order valence-electron chi connectivity index (χ0n) is 9.90. The number of anilines is 2. The van der Waals surface area contributed by atoms with E-state index in [2.05, 4.69) is 10.6 Å². The Morgan fingerprint density at radius 2 is 2.33 bits per heavy atom. The molecule has 0 aliphatic carbocycles. The number of benzene rings is 1. The van der Waals surface area contributed by atoms with Crippen molar-refractivity contribution >= 4 is 23.3 Å². The number of nitrogens with one attached hydrogen (secondary N) is 2. The molecule has 0 bridgehead atoms. The fourth-order valence-corrected chi connectivity index (χ4v) is 1.63. The van der Waals surface area contributed by atoms with Crippen LogP contribution < -0.4 is 15.4 Å². The highest BCUT2D eigenvalue weighted by molar-refractivity contribution is 5.98. The highest BCUT2D eigenvalue weighted by Gasteiger charge is 2.23. The molecule has 0 fully saturated rings. The van der Waals surface area contributed by atoms with Crippen LogP contribution in [-0.4, -0.2) is 29.6 Å². The van der Waals surface area contributed by atoms with E-state index in [4.69, 9.17) is 9.84 Å². The van der Waals surface area contributed by atoms with Gasteiger partial charge in [-0.3, -0.25) is 9.59 Å². The van der Waals surface area contributed by atoms with Crippen LogP contribution in [0.25, 0.3) is 0 Å². The van der Waals surface area contributed by atoms with Gasteiger partial charge in [-0.15, -0.1) is 0 Å². The number of carboxylic acids is 1. The summed E-state index contributed by atoms with van der Waals surface area (Å²) in [5, 5.41) is 14.2. The normalized spacial score (nSPS) is 17.4. The van der Waals surface area contributed by atoms with Gasteiger partial charge < -0.3 is 20.5 Å². The topological polar surface area (TPSA) is 87.7 Å². The zero-order valence-corrected chi connectivity index (χ0v) is 9.90. The maximum atomic E-state index is 11.4. The number of hydrogen-bond acceptors (Lipinski definition) is 4. The van der Waals surface area contributed by atoms with Crippen LogP contribution in [0.4, 0.5) is 11.4 Å². The molecule has 1 atom stereocenters. The average Bonchev–Trinajstić information content (AvgIpc) is 2.30. The van der Waals surface area contributed by atoms with Gasteiger partial charge in [0.05, 0.1) is 12.1 Å². The Morgan fingerprint density at radius 3 is 3.06 bits per heavy atom. The van der Waals surface area contributed by atoms with Gasteiger partial charge in [-0.05, 0) is 25.1 Å². The number of aliphatic carboxylic acids is 1. The van der Waals surface area contributed by atoms with Crippen molar-refractivity contribution in [2.75, 3.05) is 17.2 Å². The Bertz CT molecular complexity index is 487. The summed E-state index contributed by atoms with van der Waals surface area (Å²) in [5.74, 6) is -0.429. The predicted molar refractivity (Wildman–Crippen MR) is 65.9 cm³/mol. The van der Waals surface area contributed by atoms with Gasteiger partial charge in [0.2, 0.25) is 0 Å². The molecule has 1 heterocycles. The summed E-state index contributed by atoms with van der Waals surface area (Å²) in [7, 11) is 0. The maximum Gasteiger partial charge on any atom is 0.305 e. The van der Waals surface area contributed by atoms with Crippen molar-refractivity contribution in [3.05, 3.63) is 18.2 Å². The monoisotopic (exact) mass is 250 g/mol. The van der Waals surface area contributed by atoms with Gasteiger partial charge in [0.25, 0.3) is 5.91 Å². The van der Waals surface area contributed by atoms with E-state index in [0.29, 0.717) is 18.0 Å². The van der Waals surface area contributed by atoms with E-state index in [1.807, 2.05) is 0 Å². The van der Waals surface area contributed by atoms with E-state index in [1.165, 1.54) is 0 Å². The Balaban J connectivity index is 2.05. The first kappa shape index (κ1) is 12.2. The third kappa shape index (κ3) is 2.71. The van der Waals surface area contributed by atoms with Gasteiger partial charge in [0.15, 0.2) is 6.10 Å². The molecule has 0 aromatic heterocycles. The third-order valence-corrected chi connectivity index (χ3v) is 2.58. The number of carbonyl (C=O) groups excluding carboxylic acids is 1. The number of carbonyl (C=O) groups is 2. The molecule has 0 saturated heterocycles. The number of ether oxygens (including phenoxy) is 1. The fourth-order valence-electron chi connectivity index (χ4n) is 1.63. The van der Waals surface area contributed by atoms with Crippen LogP contribution in [0.2, 0.25) is 0 Å². The molecule has 1 aliphatic heterocycles. The van der Waals surface area contributed by atoms with Gasteiger partial charge in [0, 0.05) is 12.2 Å². The average molecular weight is 250 g/mol. The van der Waals surface area contributed by atoms with Crippen molar-refractivity contribution in [3.8, 4) is 5.75 Å². The molecule has 3 N–H and O–H groups in total. The van der Waals surface area contributed by atoms with Crippen molar-refractivity contribution in [1.29, 1.82) is 0 Å². The minimum Gasteiger partial charge on any atom is -0.481 e. The lowest BCUT2D eigenvalue weighted by Crippen LogP contribution is -2.34. The lowest BCUT2D eigenvalue weighted by molar-refractivity contribution is -0.136. The first-order valence-corrected chi connectivity index (χ1v) is 5.63.